The number of aryl methyl sites for hydroxylation is 1. The van der Waals surface area contributed by atoms with Gasteiger partial charge in [-0.25, -0.2) is 0 Å². The molecule has 0 saturated carbocycles. The number of benzene rings is 3. The highest BCUT2D eigenvalue weighted by Gasteiger charge is 2.29. The Morgan fingerprint density at radius 2 is 1.54 bits per heavy atom. The van der Waals surface area contributed by atoms with Gasteiger partial charge in [0.15, 0.2) is 0 Å². The lowest BCUT2D eigenvalue weighted by Crippen LogP contribution is -2.31. The molecule has 0 saturated heterocycles. The molecule has 0 amide bonds. The molecule has 0 heteroatoms. The Kier molecular flexibility index (Phi) is 6.02. The van der Waals surface area contributed by atoms with Gasteiger partial charge in [-0.2, -0.15) is 0 Å². The van der Waals surface area contributed by atoms with E-state index in [1.807, 2.05) is 0 Å². The zero-order valence-corrected chi connectivity index (χ0v) is 24.4. The van der Waals surface area contributed by atoms with Crippen LogP contribution in [0.2, 0.25) is 0 Å². The molecule has 2 aliphatic carbocycles. The molecule has 0 aliphatic heterocycles. The number of allylic oxidation sites excluding steroid dienone is 4. The summed E-state index contributed by atoms with van der Waals surface area (Å²) in [6.45, 7) is 23.0. The van der Waals surface area contributed by atoms with Crippen LogP contribution in [0.4, 0.5) is 0 Å². The van der Waals surface area contributed by atoms with E-state index in [1.54, 1.807) is 0 Å². The van der Waals surface area contributed by atoms with E-state index in [0.29, 0.717) is 0 Å². The Morgan fingerprint density at radius 3 is 2.19 bits per heavy atom. The highest BCUT2D eigenvalue weighted by Crippen LogP contribution is 2.41. The fourth-order valence-corrected chi connectivity index (χ4v) is 6.02. The lowest BCUT2D eigenvalue weighted by Gasteiger charge is -2.27. The van der Waals surface area contributed by atoms with Gasteiger partial charge in [0.05, 0.1) is 0 Å². The first-order chi connectivity index (χ1) is 17.3. The van der Waals surface area contributed by atoms with Crippen LogP contribution in [0.25, 0.3) is 33.9 Å². The molecule has 1 radical (unpaired) electrons. The zero-order valence-electron chi connectivity index (χ0n) is 24.4. The Hall–Kier alpha value is -3.12. The highest BCUT2D eigenvalue weighted by molar-refractivity contribution is 6.02. The topological polar surface area (TPSA) is 0 Å². The molecule has 0 heterocycles. The van der Waals surface area contributed by atoms with E-state index < -0.39 is 0 Å². The largest absolute Gasteiger partial charge is 0.0795 e. The van der Waals surface area contributed by atoms with E-state index in [4.69, 9.17) is 0 Å². The Morgan fingerprint density at radius 1 is 0.811 bits per heavy atom. The van der Waals surface area contributed by atoms with Crippen molar-refractivity contribution in [3.63, 3.8) is 0 Å². The third kappa shape index (κ3) is 4.25. The molecule has 3 aromatic carbocycles. The van der Waals surface area contributed by atoms with E-state index >= 15 is 0 Å². The second kappa shape index (κ2) is 8.73. The molecule has 2 aliphatic rings. The molecule has 0 N–H and O–H groups in total. The van der Waals surface area contributed by atoms with E-state index in [0.717, 1.165) is 6.42 Å². The average Bonchev–Trinajstić information content (AvgIpc) is 3.42. The molecular formula is C37H41. The summed E-state index contributed by atoms with van der Waals surface area (Å²) in [5, 5.41) is 2.66. The predicted molar refractivity (Wildman–Crippen MR) is 162 cm³/mol. The SMILES string of the molecule is CC(C)=c1cc2c(c(C3=C(c4cccc(C)c4C)C=CC3)c1C(C)(C)C)=[C]c1cc(C(C)(C)C)ccc1-2. The van der Waals surface area contributed by atoms with Crippen molar-refractivity contribution in [2.24, 2.45) is 0 Å². The van der Waals surface area contributed by atoms with Gasteiger partial charge in [-0.1, -0.05) is 89.6 Å². The lowest BCUT2D eigenvalue weighted by atomic mass is 9.76. The number of hydrogen-bond acceptors (Lipinski definition) is 0. The van der Waals surface area contributed by atoms with E-state index in [1.165, 1.54) is 77.2 Å². The van der Waals surface area contributed by atoms with Crippen LogP contribution in [0.1, 0.15) is 101 Å². The summed E-state index contributed by atoms with van der Waals surface area (Å²) in [4.78, 5) is 0. The maximum Gasteiger partial charge on any atom is -0.000731 e. The molecule has 3 aromatic rings. The van der Waals surface area contributed by atoms with Crippen LogP contribution >= 0.6 is 0 Å². The normalized spacial score (nSPS) is 14.6. The smallest absolute Gasteiger partial charge is 0.000731 e. The molecule has 0 spiro atoms. The number of hydrogen-bond donors (Lipinski definition) is 0. The summed E-state index contributed by atoms with van der Waals surface area (Å²) in [6, 6.07) is 16.2. The zero-order chi connectivity index (χ0) is 26.9. The Balaban J connectivity index is 1.94. The Bertz CT molecular complexity index is 1620. The van der Waals surface area contributed by atoms with Gasteiger partial charge in [0, 0.05) is 0 Å². The van der Waals surface area contributed by atoms with Crippen LogP contribution in [-0.2, 0) is 10.8 Å². The summed E-state index contributed by atoms with van der Waals surface area (Å²) in [7, 11) is 0. The minimum atomic E-state index is -0.00760. The third-order valence-corrected chi connectivity index (χ3v) is 8.18. The van der Waals surface area contributed by atoms with Crippen molar-refractivity contribution < 1.29 is 0 Å². The average molecular weight is 486 g/mol. The summed E-state index contributed by atoms with van der Waals surface area (Å²) >= 11 is 0. The predicted octanol–water partition coefficient (Wildman–Crippen LogP) is 8.65. The number of fused-ring (bicyclic) bond motifs is 3. The Labute approximate surface area is 224 Å². The molecule has 0 nitrogen and oxygen atoms in total. The van der Waals surface area contributed by atoms with Crippen LogP contribution < -0.4 is 10.4 Å². The second-order valence-electron chi connectivity index (χ2n) is 13.2. The summed E-state index contributed by atoms with van der Waals surface area (Å²) in [5.41, 5.74) is 16.4. The third-order valence-electron chi connectivity index (χ3n) is 8.18. The molecule has 5 rings (SSSR count). The van der Waals surface area contributed by atoms with Crippen LogP contribution in [0, 0.1) is 13.8 Å². The van der Waals surface area contributed by atoms with Gasteiger partial charge < -0.3 is 0 Å². The first kappa shape index (κ1) is 25.5. The minimum Gasteiger partial charge on any atom is -0.0795 e. The van der Waals surface area contributed by atoms with Gasteiger partial charge in [-0.3, -0.25) is 0 Å². The van der Waals surface area contributed by atoms with Crippen molar-refractivity contribution in [2.75, 3.05) is 0 Å². The maximum absolute atomic E-state index is 3.94. The van der Waals surface area contributed by atoms with E-state index in [2.05, 4.69) is 130 Å². The molecule has 189 valence electrons. The fourth-order valence-electron chi connectivity index (χ4n) is 6.02. The van der Waals surface area contributed by atoms with Gasteiger partial charge >= 0.3 is 0 Å². The lowest BCUT2D eigenvalue weighted by molar-refractivity contribution is 0.583. The molecule has 37 heavy (non-hydrogen) atoms. The first-order valence-electron chi connectivity index (χ1n) is 13.7. The highest BCUT2D eigenvalue weighted by atomic mass is 14.3. The first-order valence-corrected chi connectivity index (χ1v) is 13.7. The van der Waals surface area contributed by atoms with Crippen molar-refractivity contribution in [1.82, 2.24) is 0 Å². The molecular weight excluding hydrogens is 444 g/mol. The van der Waals surface area contributed by atoms with Crippen molar-refractivity contribution in [2.45, 2.75) is 86.5 Å². The van der Waals surface area contributed by atoms with Gasteiger partial charge in [0.25, 0.3) is 0 Å². The van der Waals surface area contributed by atoms with Crippen molar-refractivity contribution in [3.8, 4) is 11.1 Å². The van der Waals surface area contributed by atoms with Crippen LogP contribution in [0.3, 0.4) is 0 Å². The van der Waals surface area contributed by atoms with Gasteiger partial charge in [0.1, 0.15) is 0 Å². The van der Waals surface area contributed by atoms with Crippen LogP contribution in [0.15, 0.2) is 54.6 Å². The summed E-state index contributed by atoms with van der Waals surface area (Å²) in [6.07, 6.45) is 9.60. The molecule has 0 aromatic heterocycles. The summed E-state index contributed by atoms with van der Waals surface area (Å²) < 4.78 is 0. The fraction of sp³-hybridized carbons (Fsp3) is 0.351. The van der Waals surface area contributed by atoms with Crippen molar-refractivity contribution >= 4 is 22.8 Å². The van der Waals surface area contributed by atoms with E-state index in [9.17, 15) is 0 Å². The monoisotopic (exact) mass is 485 g/mol. The maximum atomic E-state index is 3.94. The summed E-state index contributed by atoms with van der Waals surface area (Å²) in [5.74, 6) is 0. The van der Waals surface area contributed by atoms with Crippen LogP contribution in [0.5, 0.6) is 0 Å². The van der Waals surface area contributed by atoms with Crippen molar-refractivity contribution in [1.29, 1.82) is 0 Å². The molecule has 0 unspecified atom stereocenters. The van der Waals surface area contributed by atoms with Gasteiger partial charge in [0.2, 0.25) is 0 Å². The standard InChI is InChI=1S/C37H41/c1-22(2)31-21-32-28-18-17-26(36(5,6)7)19-25(28)20-33(32)34(35(31)37(8,9)10)30-16-12-15-29(30)27-14-11-13-23(3)24(27)4/h11-15,17-19,21H,16H2,1-10H3. The second-order valence-corrected chi connectivity index (χ2v) is 13.2. The molecule has 0 atom stereocenters. The van der Waals surface area contributed by atoms with Crippen LogP contribution in [-0.4, -0.2) is 0 Å². The van der Waals surface area contributed by atoms with E-state index in [-0.39, 0.29) is 10.8 Å². The quantitative estimate of drug-likeness (QED) is 0.266. The molecule has 0 fully saturated rings. The number of rotatable bonds is 2. The molecule has 0 bridgehead atoms. The van der Waals surface area contributed by atoms with Crippen molar-refractivity contribution in [3.05, 3.63) is 104 Å². The minimum absolute atomic E-state index is 0.00760. The van der Waals surface area contributed by atoms with Gasteiger partial charge in [-0.05, 0) is 135 Å². The van der Waals surface area contributed by atoms with Gasteiger partial charge in [-0.15, -0.1) is 0 Å².